The molecule has 0 spiro atoms. The molecule has 3 aromatic rings. The molecule has 1 fully saturated rings. The first-order valence-corrected chi connectivity index (χ1v) is 9.15. The van der Waals surface area contributed by atoms with Crippen LogP contribution in [-0.2, 0) is 16.8 Å². The molecule has 2 heterocycles. The summed E-state index contributed by atoms with van der Waals surface area (Å²) in [5.74, 6) is 0.200. The fourth-order valence-electron chi connectivity index (χ4n) is 3.42. The zero-order chi connectivity index (χ0) is 20.0. The molecule has 2 aromatic carbocycles. The van der Waals surface area contributed by atoms with Crippen LogP contribution in [0.3, 0.4) is 0 Å². The molecule has 1 aliphatic carbocycles. The molecule has 0 atom stereocenters. The van der Waals surface area contributed by atoms with Gasteiger partial charge in [-0.25, -0.2) is 8.78 Å². The largest absolute Gasteiger partial charge is 0.454 e. The number of ether oxygens (including phenoxy) is 2. The molecule has 1 amide bonds. The summed E-state index contributed by atoms with van der Waals surface area (Å²) in [6.07, 6.45) is 1.25. The molecule has 29 heavy (non-hydrogen) atoms. The lowest BCUT2D eigenvalue weighted by Crippen LogP contribution is -2.34. The predicted molar refractivity (Wildman–Crippen MR) is 97.2 cm³/mol. The van der Waals surface area contributed by atoms with Gasteiger partial charge >= 0.3 is 0 Å². The van der Waals surface area contributed by atoms with Gasteiger partial charge in [-0.05, 0) is 37.1 Å². The van der Waals surface area contributed by atoms with Gasteiger partial charge in [-0.15, -0.1) is 0 Å². The van der Waals surface area contributed by atoms with Crippen molar-refractivity contribution >= 4 is 5.91 Å². The number of hydrogen-bond donors (Lipinski definition) is 1. The molecule has 5 rings (SSSR count). The molecular formula is C21H16F2N2O4. The summed E-state index contributed by atoms with van der Waals surface area (Å²) in [6.45, 7) is 0.151. The van der Waals surface area contributed by atoms with E-state index in [1.807, 2.05) is 6.07 Å². The quantitative estimate of drug-likeness (QED) is 0.710. The second kappa shape index (κ2) is 6.58. The minimum Gasteiger partial charge on any atom is -0.454 e. The lowest BCUT2D eigenvalue weighted by molar-refractivity contribution is -0.123. The number of carbonyl (C=O) groups is 1. The maximum Gasteiger partial charge on any atom is 0.232 e. The topological polar surface area (TPSA) is 73.6 Å². The summed E-state index contributed by atoms with van der Waals surface area (Å²) in [7, 11) is 0. The number of benzene rings is 2. The van der Waals surface area contributed by atoms with Crippen LogP contribution in [0.1, 0.15) is 24.1 Å². The van der Waals surface area contributed by atoms with E-state index in [2.05, 4.69) is 10.5 Å². The highest BCUT2D eigenvalue weighted by Gasteiger charge is 2.53. The van der Waals surface area contributed by atoms with Crippen LogP contribution >= 0.6 is 0 Å². The molecule has 6 nitrogen and oxygen atoms in total. The van der Waals surface area contributed by atoms with E-state index in [4.69, 9.17) is 14.0 Å². The molecule has 2 aliphatic rings. The van der Waals surface area contributed by atoms with Crippen molar-refractivity contribution in [3.63, 3.8) is 0 Å². The zero-order valence-electron chi connectivity index (χ0n) is 15.2. The van der Waals surface area contributed by atoms with Crippen LogP contribution < -0.4 is 14.8 Å². The average Bonchev–Trinajstić information content (AvgIpc) is 3.14. The SMILES string of the molecule is O=C(NCc1ccc(F)cc1F)C1(c2cc(-c3ccc4c(c3)OCO4)on2)CC1. The zero-order valence-corrected chi connectivity index (χ0v) is 15.2. The summed E-state index contributed by atoms with van der Waals surface area (Å²) < 4.78 is 42.9. The number of hydrogen-bond acceptors (Lipinski definition) is 5. The van der Waals surface area contributed by atoms with E-state index in [1.54, 1.807) is 18.2 Å². The van der Waals surface area contributed by atoms with E-state index >= 15 is 0 Å². The maximum absolute atomic E-state index is 13.8. The first kappa shape index (κ1) is 17.7. The first-order valence-electron chi connectivity index (χ1n) is 9.15. The van der Waals surface area contributed by atoms with Crippen molar-refractivity contribution in [1.29, 1.82) is 0 Å². The predicted octanol–water partition coefficient (Wildman–Crippen LogP) is 3.70. The van der Waals surface area contributed by atoms with Crippen LogP contribution in [0.25, 0.3) is 11.3 Å². The van der Waals surface area contributed by atoms with Crippen molar-refractivity contribution in [2.45, 2.75) is 24.8 Å². The van der Waals surface area contributed by atoms with Gasteiger partial charge < -0.3 is 19.3 Å². The van der Waals surface area contributed by atoms with Crippen molar-refractivity contribution in [2.75, 3.05) is 6.79 Å². The van der Waals surface area contributed by atoms with Gasteiger partial charge in [-0.1, -0.05) is 11.2 Å². The van der Waals surface area contributed by atoms with Crippen LogP contribution in [0.5, 0.6) is 11.5 Å². The normalized spacial score (nSPS) is 15.9. The molecule has 1 aromatic heterocycles. The van der Waals surface area contributed by atoms with Gasteiger partial charge in [0.25, 0.3) is 0 Å². The van der Waals surface area contributed by atoms with Crippen LogP contribution in [0, 0.1) is 11.6 Å². The van der Waals surface area contributed by atoms with Gasteiger partial charge in [0.2, 0.25) is 12.7 Å². The van der Waals surface area contributed by atoms with E-state index < -0.39 is 17.0 Å². The van der Waals surface area contributed by atoms with Gasteiger partial charge in [0.15, 0.2) is 17.3 Å². The maximum atomic E-state index is 13.8. The van der Waals surface area contributed by atoms with Crippen molar-refractivity contribution in [3.8, 4) is 22.8 Å². The van der Waals surface area contributed by atoms with Crippen LogP contribution in [-0.4, -0.2) is 17.9 Å². The smallest absolute Gasteiger partial charge is 0.232 e. The molecule has 0 saturated heterocycles. The number of fused-ring (bicyclic) bond motifs is 1. The third-order valence-electron chi connectivity index (χ3n) is 5.30. The van der Waals surface area contributed by atoms with Gasteiger partial charge in [-0.2, -0.15) is 0 Å². The van der Waals surface area contributed by atoms with Crippen LogP contribution in [0.4, 0.5) is 8.78 Å². The van der Waals surface area contributed by atoms with Crippen molar-refractivity contribution in [2.24, 2.45) is 0 Å². The standard InChI is InChI=1S/C21H16F2N2O4/c22-14-3-1-13(15(23)8-14)10-24-20(26)21(5-6-21)19-9-17(29-25-19)12-2-4-16-18(7-12)28-11-27-16/h1-4,7-9H,5-6,10-11H2,(H,24,26). The second-order valence-corrected chi connectivity index (χ2v) is 7.14. The summed E-state index contributed by atoms with van der Waals surface area (Å²) in [4.78, 5) is 12.8. The molecule has 0 radical (unpaired) electrons. The van der Waals surface area contributed by atoms with Gasteiger partial charge in [0.05, 0.1) is 11.1 Å². The molecule has 0 bridgehead atoms. The number of halogens is 2. The van der Waals surface area contributed by atoms with Gasteiger partial charge in [0.1, 0.15) is 11.6 Å². The molecule has 1 N–H and O–H groups in total. The Hall–Kier alpha value is -3.42. The van der Waals surface area contributed by atoms with Crippen molar-refractivity contribution in [1.82, 2.24) is 10.5 Å². The third kappa shape index (κ3) is 3.10. The summed E-state index contributed by atoms with van der Waals surface area (Å²) in [5, 5.41) is 6.82. The second-order valence-electron chi connectivity index (χ2n) is 7.14. The molecule has 148 valence electrons. The monoisotopic (exact) mass is 398 g/mol. The Morgan fingerprint density at radius 2 is 1.90 bits per heavy atom. The molecule has 1 saturated carbocycles. The van der Waals surface area contributed by atoms with Crippen molar-refractivity contribution < 1.29 is 27.6 Å². The fraction of sp³-hybridized carbons (Fsp3) is 0.238. The Balaban J connectivity index is 1.32. The van der Waals surface area contributed by atoms with E-state index in [0.717, 1.165) is 17.7 Å². The molecule has 8 heteroatoms. The Morgan fingerprint density at radius 3 is 2.69 bits per heavy atom. The Kier molecular flexibility index (Phi) is 4.01. The number of aromatic nitrogens is 1. The van der Waals surface area contributed by atoms with E-state index in [0.29, 0.717) is 35.8 Å². The molecule has 0 unspecified atom stereocenters. The highest BCUT2D eigenvalue weighted by molar-refractivity contribution is 5.91. The highest BCUT2D eigenvalue weighted by Crippen LogP contribution is 2.49. The summed E-state index contributed by atoms with van der Waals surface area (Å²) in [5.41, 5.74) is 0.728. The van der Waals surface area contributed by atoms with Crippen LogP contribution in [0.2, 0.25) is 0 Å². The van der Waals surface area contributed by atoms with E-state index in [1.165, 1.54) is 6.07 Å². The Labute approximate surface area is 164 Å². The lowest BCUT2D eigenvalue weighted by atomic mass is 10.00. The number of amides is 1. The number of nitrogens with zero attached hydrogens (tertiary/aromatic N) is 1. The highest BCUT2D eigenvalue weighted by atomic mass is 19.1. The Morgan fingerprint density at radius 1 is 1.07 bits per heavy atom. The summed E-state index contributed by atoms with van der Waals surface area (Å²) >= 11 is 0. The first-order chi connectivity index (χ1) is 14.0. The molecule has 1 aliphatic heterocycles. The number of rotatable bonds is 5. The number of nitrogens with one attached hydrogen (secondary N) is 1. The lowest BCUT2D eigenvalue weighted by Gasteiger charge is -2.12. The van der Waals surface area contributed by atoms with E-state index in [9.17, 15) is 13.6 Å². The third-order valence-corrected chi connectivity index (χ3v) is 5.30. The number of carbonyl (C=O) groups excluding carboxylic acids is 1. The van der Waals surface area contributed by atoms with Crippen LogP contribution in [0.15, 0.2) is 47.0 Å². The fourth-order valence-corrected chi connectivity index (χ4v) is 3.42. The van der Waals surface area contributed by atoms with Gasteiger partial charge in [-0.3, -0.25) is 4.79 Å². The minimum atomic E-state index is -0.783. The Bertz CT molecular complexity index is 1110. The average molecular weight is 398 g/mol. The van der Waals surface area contributed by atoms with Gasteiger partial charge in [0, 0.05) is 29.8 Å². The molecular weight excluding hydrogens is 382 g/mol. The van der Waals surface area contributed by atoms with E-state index in [-0.39, 0.29) is 24.8 Å². The summed E-state index contributed by atoms with van der Waals surface area (Å²) in [6, 6.07) is 10.4. The van der Waals surface area contributed by atoms with Crippen molar-refractivity contribution in [3.05, 3.63) is 65.4 Å². The minimum absolute atomic E-state index is 0.0282.